The third kappa shape index (κ3) is 2.24. The molecule has 0 saturated heterocycles. The molecular formula is C11H17N5OS. The predicted octanol–water partition coefficient (Wildman–Crippen LogP) is 1.23. The third-order valence-electron chi connectivity index (χ3n) is 2.74. The summed E-state index contributed by atoms with van der Waals surface area (Å²) in [5.41, 5.74) is 4.57. The Hall–Kier alpha value is -1.44. The number of nitrogens with one attached hydrogen (secondary N) is 1. The van der Waals surface area contributed by atoms with E-state index < -0.39 is 0 Å². The summed E-state index contributed by atoms with van der Waals surface area (Å²) in [6.07, 6.45) is 1.70. The number of nitrogens with zero attached hydrogens (tertiary/aromatic N) is 3. The molecule has 98 valence electrons. The van der Waals surface area contributed by atoms with Gasteiger partial charge in [-0.2, -0.15) is 5.10 Å². The van der Waals surface area contributed by atoms with Crippen LogP contribution in [0.1, 0.15) is 29.4 Å². The standard InChI is InChI=1S/C11H17N5OS/c1-4-16-11(9(17-3)5-13-16)10(15-12)8-6-18-7(2)14-8/h5-6,10,15H,4,12H2,1-3H3. The molecule has 0 aliphatic rings. The monoisotopic (exact) mass is 267 g/mol. The molecule has 0 spiro atoms. The van der Waals surface area contributed by atoms with Gasteiger partial charge in [0.1, 0.15) is 11.7 Å². The van der Waals surface area contributed by atoms with E-state index in [-0.39, 0.29) is 6.04 Å². The second kappa shape index (κ2) is 5.47. The molecule has 0 aliphatic carbocycles. The fourth-order valence-electron chi connectivity index (χ4n) is 1.90. The van der Waals surface area contributed by atoms with Crippen LogP contribution in [0.4, 0.5) is 0 Å². The van der Waals surface area contributed by atoms with Gasteiger partial charge in [0.05, 0.1) is 24.0 Å². The van der Waals surface area contributed by atoms with Crippen LogP contribution in [0.5, 0.6) is 5.75 Å². The number of aryl methyl sites for hydroxylation is 2. The Morgan fingerprint density at radius 1 is 1.61 bits per heavy atom. The van der Waals surface area contributed by atoms with Gasteiger partial charge in [-0.15, -0.1) is 11.3 Å². The average Bonchev–Trinajstić information content (AvgIpc) is 2.97. The molecule has 1 atom stereocenters. The number of hydrogen-bond acceptors (Lipinski definition) is 6. The van der Waals surface area contributed by atoms with Gasteiger partial charge in [0, 0.05) is 11.9 Å². The van der Waals surface area contributed by atoms with Gasteiger partial charge in [-0.3, -0.25) is 10.5 Å². The van der Waals surface area contributed by atoms with Crippen LogP contribution >= 0.6 is 11.3 Å². The number of nitrogens with two attached hydrogens (primary N) is 1. The molecule has 2 heterocycles. The van der Waals surface area contributed by atoms with Crippen LogP contribution in [0.25, 0.3) is 0 Å². The zero-order valence-corrected chi connectivity index (χ0v) is 11.5. The topological polar surface area (TPSA) is 78.0 Å². The summed E-state index contributed by atoms with van der Waals surface area (Å²) in [6, 6.07) is -0.215. The summed E-state index contributed by atoms with van der Waals surface area (Å²) in [6.45, 7) is 4.74. The molecule has 0 bridgehead atoms. The zero-order chi connectivity index (χ0) is 13.1. The molecule has 1 unspecified atom stereocenters. The molecule has 0 radical (unpaired) electrons. The van der Waals surface area contributed by atoms with Gasteiger partial charge in [-0.25, -0.2) is 10.4 Å². The van der Waals surface area contributed by atoms with Crippen molar-refractivity contribution in [2.45, 2.75) is 26.4 Å². The Morgan fingerprint density at radius 2 is 2.39 bits per heavy atom. The van der Waals surface area contributed by atoms with E-state index in [2.05, 4.69) is 15.5 Å². The smallest absolute Gasteiger partial charge is 0.162 e. The molecule has 2 aromatic heterocycles. The van der Waals surface area contributed by atoms with Crippen molar-refractivity contribution in [2.75, 3.05) is 7.11 Å². The second-order valence-electron chi connectivity index (χ2n) is 3.81. The fraction of sp³-hybridized carbons (Fsp3) is 0.455. The number of rotatable bonds is 5. The molecular weight excluding hydrogens is 250 g/mol. The van der Waals surface area contributed by atoms with Gasteiger partial charge in [0.15, 0.2) is 5.75 Å². The summed E-state index contributed by atoms with van der Waals surface area (Å²) in [5.74, 6) is 6.38. The van der Waals surface area contributed by atoms with Crippen LogP contribution in [0, 0.1) is 6.92 Å². The number of hydrogen-bond donors (Lipinski definition) is 2. The van der Waals surface area contributed by atoms with Crippen molar-refractivity contribution in [3.8, 4) is 5.75 Å². The van der Waals surface area contributed by atoms with Crippen LogP contribution < -0.4 is 16.0 Å². The van der Waals surface area contributed by atoms with Crippen molar-refractivity contribution in [3.63, 3.8) is 0 Å². The summed E-state index contributed by atoms with van der Waals surface area (Å²) in [7, 11) is 1.63. The van der Waals surface area contributed by atoms with E-state index in [0.29, 0.717) is 5.75 Å². The van der Waals surface area contributed by atoms with Gasteiger partial charge in [0.2, 0.25) is 0 Å². The molecule has 2 aromatic rings. The minimum absolute atomic E-state index is 0.215. The molecule has 3 N–H and O–H groups in total. The van der Waals surface area contributed by atoms with Crippen LogP contribution in [0.2, 0.25) is 0 Å². The Bertz CT molecular complexity index is 500. The van der Waals surface area contributed by atoms with Crippen molar-refractivity contribution < 1.29 is 4.74 Å². The van der Waals surface area contributed by atoms with E-state index in [0.717, 1.165) is 22.9 Å². The highest BCUT2D eigenvalue weighted by Gasteiger charge is 2.24. The summed E-state index contributed by atoms with van der Waals surface area (Å²) < 4.78 is 7.19. The van der Waals surface area contributed by atoms with Crippen LogP contribution in [0.3, 0.4) is 0 Å². The maximum atomic E-state index is 5.67. The van der Waals surface area contributed by atoms with Gasteiger partial charge < -0.3 is 4.74 Å². The largest absolute Gasteiger partial charge is 0.493 e. The van der Waals surface area contributed by atoms with E-state index in [9.17, 15) is 0 Å². The average molecular weight is 267 g/mol. The Balaban J connectivity index is 2.46. The van der Waals surface area contributed by atoms with Gasteiger partial charge in [0.25, 0.3) is 0 Å². The molecule has 6 nitrogen and oxygen atoms in total. The van der Waals surface area contributed by atoms with E-state index in [1.807, 2.05) is 23.9 Å². The van der Waals surface area contributed by atoms with Gasteiger partial charge >= 0.3 is 0 Å². The molecule has 0 aliphatic heterocycles. The first kappa shape index (κ1) is 13.0. The zero-order valence-electron chi connectivity index (χ0n) is 10.7. The van der Waals surface area contributed by atoms with E-state index in [1.54, 1.807) is 24.6 Å². The lowest BCUT2D eigenvalue weighted by Crippen LogP contribution is -2.31. The minimum Gasteiger partial charge on any atom is -0.493 e. The number of hydrazine groups is 1. The lowest BCUT2D eigenvalue weighted by Gasteiger charge is -2.16. The minimum atomic E-state index is -0.215. The molecule has 0 fully saturated rings. The molecule has 2 rings (SSSR count). The molecule has 0 aromatic carbocycles. The quantitative estimate of drug-likeness (QED) is 0.629. The number of thiazole rings is 1. The molecule has 18 heavy (non-hydrogen) atoms. The van der Waals surface area contributed by atoms with Crippen molar-refractivity contribution in [1.82, 2.24) is 20.2 Å². The Labute approximate surface area is 110 Å². The molecule has 0 saturated carbocycles. The molecule has 0 amide bonds. The highest BCUT2D eigenvalue weighted by molar-refractivity contribution is 7.09. The van der Waals surface area contributed by atoms with Gasteiger partial charge in [-0.1, -0.05) is 0 Å². The lowest BCUT2D eigenvalue weighted by molar-refractivity contribution is 0.398. The van der Waals surface area contributed by atoms with Crippen molar-refractivity contribution in [2.24, 2.45) is 5.84 Å². The third-order valence-corrected chi connectivity index (χ3v) is 3.53. The predicted molar refractivity (Wildman–Crippen MR) is 70.5 cm³/mol. The second-order valence-corrected chi connectivity index (χ2v) is 4.87. The van der Waals surface area contributed by atoms with Crippen LogP contribution in [-0.2, 0) is 6.54 Å². The first-order chi connectivity index (χ1) is 8.71. The van der Waals surface area contributed by atoms with E-state index in [1.165, 1.54) is 0 Å². The first-order valence-electron chi connectivity index (χ1n) is 5.69. The van der Waals surface area contributed by atoms with E-state index >= 15 is 0 Å². The molecule has 7 heteroatoms. The lowest BCUT2D eigenvalue weighted by atomic mass is 10.1. The summed E-state index contributed by atoms with van der Waals surface area (Å²) >= 11 is 1.60. The highest BCUT2D eigenvalue weighted by atomic mass is 32.1. The Kier molecular flexibility index (Phi) is 3.95. The normalized spacial score (nSPS) is 12.7. The first-order valence-corrected chi connectivity index (χ1v) is 6.57. The highest BCUT2D eigenvalue weighted by Crippen LogP contribution is 2.29. The summed E-state index contributed by atoms with van der Waals surface area (Å²) in [5, 5.41) is 7.28. The fourth-order valence-corrected chi connectivity index (χ4v) is 2.53. The Morgan fingerprint density at radius 3 is 2.89 bits per heavy atom. The van der Waals surface area contributed by atoms with Gasteiger partial charge in [-0.05, 0) is 13.8 Å². The maximum Gasteiger partial charge on any atom is 0.162 e. The number of ether oxygens (including phenoxy) is 1. The van der Waals surface area contributed by atoms with E-state index in [4.69, 9.17) is 10.6 Å². The number of methoxy groups -OCH3 is 1. The SMILES string of the molecule is CCn1ncc(OC)c1C(NN)c1csc(C)n1. The van der Waals surface area contributed by atoms with Crippen molar-refractivity contribution in [1.29, 1.82) is 0 Å². The maximum absolute atomic E-state index is 5.67. The number of aromatic nitrogens is 3. The van der Waals surface area contributed by atoms with Crippen LogP contribution in [-0.4, -0.2) is 21.9 Å². The van der Waals surface area contributed by atoms with Crippen LogP contribution in [0.15, 0.2) is 11.6 Å². The van der Waals surface area contributed by atoms with Crippen molar-refractivity contribution >= 4 is 11.3 Å². The summed E-state index contributed by atoms with van der Waals surface area (Å²) in [4.78, 5) is 4.47. The van der Waals surface area contributed by atoms with Crippen molar-refractivity contribution in [3.05, 3.63) is 28.0 Å².